The first-order valence-electron chi connectivity index (χ1n) is 9.17. The Hall–Kier alpha value is -2.77. The Balaban J connectivity index is 1.73. The Morgan fingerprint density at radius 2 is 2.04 bits per heavy atom. The van der Waals surface area contributed by atoms with Crippen LogP contribution in [0.15, 0.2) is 24.3 Å². The number of hydrogen-bond donors (Lipinski definition) is 2. The largest absolute Gasteiger partial charge is 0.444 e. The van der Waals surface area contributed by atoms with Crippen LogP contribution in [0, 0.1) is 0 Å². The molecule has 2 aliphatic rings. The quantitative estimate of drug-likeness (QED) is 0.849. The Bertz CT molecular complexity index is 743. The van der Waals surface area contributed by atoms with E-state index in [-0.39, 0.29) is 18.4 Å². The Kier molecular flexibility index (Phi) is 5.25. The summed E-state index contributed by atoms with van der Waals surface area (Å²) in [4.78, 5) is 38.6. The van der Waals surface area contributed by atoms with Gasteiger partial charge in [0.2, 0.25) is 5.91 Å². The van der Waals surface area contributed by atoms with Gasteiger partial charge in [-0.3, -0.25) is 15.1 Å². The molecule has 8 nitrogen and oxygen atoms in total. The van der Waals surface area contributed by atoms with Crippen LogP contribution < -0.4 is 10.7 Å². The third-order valence-corrected chi connectivity index (χ3v) is 4.48. The van der Waals surface area contributed by atoms with Gasteiger partial charge in [0.25, 0.3) is 0 Å². The highest BCUT2D eigenvalue weighted by molar-refractivity contribution is 5.82. The summed E-state index contributed by atoms with van der Waals surface area (Å²) in [6.45, 7) is 6.90. The van der Waals surface area contributed by atoms with Gasteiger partial charge >= 0.3 is 12.1 Å². The fourth-order valence-corrected chi connectivity index (χ4v) is 3.31. The van der Waals surface area contributed by atoms with Gasteiger partial charge in [0.05, 0.1) is 12.5 Å². The first-order valence-corrected chi connectivity index (χ1v) is 9.17. The van der Waals surface area contributed by atoms with E-state index in [2.05, 4.69) is 10.7 Å². The van der Waals surface area contributed by atoms with Gasteiger partial charge in [0, 0.05) is 19.6 Å². The number of carbonyl (C=O) groups excluding carboxylic acids is 3. The number of benzene rings is 1. The zero-order valence-corrected chi connectivity index (χ0v) is 15.9. The van der Waals surface area contributed by atoms with Crippen molar-refractivity contribution in [3.8, 4) is 0 Å². The Morgan fingerprint density at radius 3 is 2.74 bits per heavy atom. The molecule has 1 atom stereocenters. The summed E-state index contributed by atoms with van der Waals surface area (Å²) < 4.78 is 5.51. The highest BCUT2D eigenvalue weighted by Gasteiger charge is 2.37. The lowest BCUT2D eigenvalue weighted by molar-refractivity contribution is -0.126. The average molecular weight is 374 g/mol. The van der Waals surface area contributed by atoms with Crippen LogP contribution in [0.5, 0.6) is 0 Å². The lowest BCUT2D eigenvalue weighted by Crippen LogP contribution is -2.55. The molecule has 1 aromatic rings. The topological polar surface area (TPSA) is 91.0 Å². The number of nitrogens with one attached hydrogen (secondary N) is 2. The van der Waals surface area contributed by atoms with Crippen molar-refractivity contribution in [2.75, 3.05) is 13.1 Å². The van der Waals surface area contributed by atoms with Crippen molar-refractivity contribution in [1.82, 2.24) is 20.7 Å². The van der Waals surface area contributed by atoms with Crippen molar-refractivity contribution < 1.29 is 19.1 Å². The Labute approximate surface area is 158 Å². The molecule has 1 fully saturated rings. The molecule has 2 N–H and O–H groups in total. The third kappa shape index (κ3) is 4.50. The van der Waals surface area contributed by atoms with E-state index >= 15 is 0 Å². The van der Waals surface area contributed by atoms with Gasteiger partial charge in [0.1, 0.15) is 5.60 Å². The number of rotatable bonds is 3. The number of urea groups is 1. The zero-order chi connectivity index (χ0) is 19.6. The SMILES string of the molecule is CC(C)(C)OC(=O)N1Cc2ccccc2C1CC(=O)NN1CCCNC1=O. The minimum absolute atomic E-state index is 0.0556. The average Bonchev–Trinajstić information content (AvgIpc) is 2.94. The van der Waals surface area contributed by atoms with E-state index in [9.17, 15) is 14.4 Å². The van der Waals surface area contributed by atoms with Crippen molar-refractivity contribution in [1.29, 1.82) is 0 Å². The number of hydrazine groups is 1. The normalized spacial score (nSPS) is 19.4. The molecule has 2 heterocycles. The lowest BCUT2D eigenvalue weighted by Gasteiger charge is -2.30. The molecule has 2 aliphatic heterocycles. The van der Waals surface area contributed by atoms with Crippen LogP contribution in [0.1, 0.15) is 50.8 Å². The summed E-state index contributed by atoms with van der Waals surface area (Å²) in [6.07, 6.45) is 0.370. The first-order chi connectivity index (χ1) is 12.7. The number of nitrogens with zero attached hydrogens (tertiary/aromatic N) is 2. The molecule has 8 heteroatoms. The monoisotopic (exact) mass is 374 g/mol. The number of ether oxygens (including phenoxy) is 1. The van der Waals surface area contributed by atoms with Crippen molar-refractivity contribution in [2.24, 2.45) is 0 Å². The molecule has 0 saturated carbocycles. The van der Waals surface area contributed by atoms with Crippen molar-refractivity contribution in [3.05, 3.63) is 35.4 Å². The van der Waals surface area contributed by atoms with E-state index < -0.39 is 17.7 Å². The van der Waals surface area contributed by atoms with Crippen LogP contribution in [0.3, 0.4) is 0 Å². The van der Waals surface area contributed by atoms with E-state index in [0.29, 0.717) is 19.6 Å². The maximum absolute atomic E-state index is 12.7. The highest BCUT2D eigenvalue weighted by atomic mass is 16.6. The predicted molar refractivity (Wildman–Crippen MR) is 98.4 cm³/mol. The van der Waals surface area contributed by atoms with Gasteiger partial charge in [-0.1, -0.05) is 24.3 Å². The molecule has 1 saturated heterocycles. The molecule has 1 aromatic carbocycles. The molecule has 27 heavy (non-hydrogen) atoms. The molecule has 1 unspecified atom stereocenters. The molecule has 3 rings (SSSR count). The Morgan fingerprint density at radius 1 is 1.30 bits per heavy atom. The fraction of sp³-hybridized carbons (Fsp3) is 0.526. The molecule has 0 radical (unpaired) electrons. The van der Waals surface area contributed by atoms with E-state index in [0.717, 1.165) is 17.5 Å². The second-order valence-corrected chi connectivity index (χ2v) is 7.80. The second kappa shape index (κ2) is 7.46. The van der Waals surface area contributed by atoms with E-state index in [1.165, 1.54) is 5.01 Å². The summed E-state index contributed by atoms with van der Waals surface area (Å²) in [7, 11) is 0. The molecular weight excluding hydrogens is 348 g/mol. The van der Waals surface area contributed by atoms with Crippen LogP contribution >= 0.6 is 0 Å². The van der Waals surface area contributed by atoms with Crippen molar-refractivity contribution in [2.45, 2.75) is 51.8 Å². The van der Waals surface area contributed by atoms with Crippen LogP contribution in [0.25, 0.3) is 0 Å². The standard InChI is InChI=1S/C19H26N4O4/c1-19(2,3)27-18(26)22-12-13-7-4-5-8-14(13)15(22)11-16(24)21-23-10-6-9-20-17(23)25/h4-5,7-8,15H,6,9-12H2,1-3H3,(H,20,25)(H,21,24). The number of carbonyl (C=O) groups is 3. The van der Waals surface area contributed by atoms with Gasteiger partial charge in [-0.2, -0.15) is 0 Å². The van der Waals surface area contributed by atoms with E-state index in [4.69, 9.17) is 4.74 Å². The molecule has 0 spiro atoms. The van der Waals surface area contributed by atoms with Crippen LogP contribution in [-0.4, -0.2) is 46.6 Å². The molecule has 0 bridgehead atoms. The maximum Gasteiger partial charge on any atom is 0.411 e. The number of fused-ring (bicyclic) bond motifs is 1. The zero-order valence-electron chi connectivity index (χ0n) is 15.9. The minimum atomic E-state index is -0.620. The van der Waals surface area contributed by atoms with E-state index in [1.54, 1.807) is 4.90 Å². The highest BCUT2D eigenvalue weighted by Crippen LogP contribution is 2.36. The summed E-state index contributed by atoms with van der Waals surface area (Å²) in [5.41, 5.74) is 3.95. The first kappa shape index (κ1) is 19.0. The van der Waals surface area contributed by atoms with Crippen LogP contribution in [0.2, 0.25) is 0 Å². The summed E-state index contributed by atoms with van der Waals surface area (Å²) >= 11 is 0. The minimum Gasteiger partial charge on any atom is -0.444 e. The summed E-state index contributed by atoms with van der Waals surface area (Å²) in [6, 6.07) is 6.93. The third-order valence-electron chi connectivity index (χ3n) is 4.48. The van der Waals surface area contributed by atoms with Gasteiger partial charge in [-0.05, 0) is 38.3 Å². The van der Waals surface area contributed by atoms with Crippen molar-refractivity contribution >= 4 is 18.0 Å². The summed E-state index contributed by atoms with van der Waals surface area (Å²) in [5.74, 6) is -0.317. The smallest absolute Gasteiger partial charge is 0.411 e. The van der Waals surface area contributed by atoms with Gasteiger partial charge in [-0.15, -0.1) is 0 Å². The van der Waals surface area contributed by atoms with E-state index in [1.807, 2.05) is 45.0 Å². The molecular formula is C19H26N4O4. The molecule has 146 valence electrons. The van der Waals surface area contributed by atoms with Gasteiger partial charge in [0.15, 0.2) is 0 Å². The fourth-order valence-electron chi connectivity index (χ4n) is 3.31. The second-order valence-electron chi connectivity index (χ2n) is 7.80. The molecule has 0 aromatic heterocycles. The molecule has 4 amide bonds. The lowest BCUT2D eigenvalue weighted by atomic mass is 10.0. The number of amides is 4. The molecule has 0 aliphatic carbocycles. The van der Waals surface area contributed by atoms with Crippen LogP contribution in [0.4, 0.5) is 9.59 Å². The maximum atomic E-state index is 12.7. The van der Waals surface area contributed by atoms with Gasteiger partial charge in [-0.25, -0.2) is 14.6 Å². The van der Waals surface area contributed by atoms with Crippen LogP contribution in [-0.2, 0) is 16.1 Å². The summed E-state index contributed by atoms with van der Waals surface area (Å²) in [5, 5.41) is 3.97. The van der Waals surface area contributed by atoms with Crippen molar-refractivity contribution in [3.63, 3.8) is 0 Å². The predicted octanol–water partition coefficient (Wildman–Crippen LogP) is 2.31. The van der Waals surface area contributed by atoms with Gasteiger partial charge < -0.3 is 10.1 Å². The number of hydrogen-bond acceptors (Lipinski definition) is 4.